The smallest absolute Gasteiger partial charge is 0.361 e. The van der Waals surface area contributed by atoms with Crippen molar-refractivity contribution < 1.29 is 17.7 Å². The lowest BCUT2D eigenvalue weighted by Crippen LogP contribution is -2.24. The van der Waals surface area contributed by atoms with Crippen molar-refractivity contribution in [1.82, 2.24) is 30.4 Å². The molecule has 36 heavy (non-hydrogen) atoms. The van der Waals surface area contributed by atoms with E-state index in [1.54, 1.807) is 19.1 Å². The average molecular weight is 498 g/mol. The lowest BCUT2D eigenvalue weighted by atomic mass is 9.85. The average Bonchev–Trinajstić information content (AvgIpc) is 3.62. The van der Waals surface area contributed by atoms with Gasteiger partial charge in [0.05, 0.1) is 22.6 Å². The van der Waals surface area contributed by atoms with Gasteiger partial charge in [-0.2, -0.15) is 13.2 Å². The van der Waals surface area contributed by atoms with E-state index in [4.69, 9.17) is 4.52 Å². The summed E-state index contributed by atoms with van der Waals surface area (Å²) in [5.74, 6) is 0.833. The first-order valence-electron chi connectivity index (χ1n) is 12.1. The molecule has 5 heterocycles. The minimum atomic E-state index is -4.60. The zero-order valence-electron chi connectivity index (χ0n) is 20.0. The van der Waals surface area contributed by atoms with Gasteiger partial charge in [-0.3, -0.25) is 0 Å². The molecule has 4 aromatic rings. The van der Waals surface area contributed by atoms with E-state index in [-0.39, 0.29) is 23.1 Å². The number of H-pyrrole nitrogens is 1. The maximum atomic E-state index is 14.0. The van der Waals surface area contributed by atoms with Crippen LogP contribution < -0.4 is 10.6 Å². The molecule has 2 fully saturated rings. The largest absolute Gasteiger partial charge is 0.419 e. The van der Waals surface area contributed by atoms with Crippen molar-refractivity contribution >= 4 is 17.0 Å². The van der Waals surface area contributed by atoms with Gasteiger partial charge >= 0.3 is 6.18 Å². The molecule has 11 heteroatoms. The number of nitrogens with one attached hydrogen (secondary N) is 3. The molecular formula is C25H26F3N7O. The molecule has 0 amide bonds. The van der Waals surface area contributed by atoms with Crippen molar-refractivity contribution in [3.63, 3.8) is 0 Å². The molecule has 1 aliphatic heterocycles. The number of pyridine rings is 1. The van der Waals surface area contributed by atoms with Gasteiger partial charge in [0.2, 0.25) is 5.95 Å². The minimum Gasteiger partial charge on any atom is -0.361 e. The quantitative estimate of drug-likeness (QED) is 0.354. The van der Waals surface area contributed by atoms with E-state index >= 15 is 0 Å². The predicted octanol–water partition coefficient (Wildman–Crippen LogP) is 5.25. The van der Waals surface area contributed by atoms with Crippen molar-refractivity contribution in [2.75, 3.05) is 18.4 Å². The number of hydrogen-bond donors (Lipinski definition) is 3. The second-order valence-corrected chi connectivity index (χ2v) is 9.96. The van der Waals surface area contributed by atoms with Crippen LogP contribution in [0.25, 0.3) is 33.5 Å². The first-order valence-corrected chi connectivity index (χ1v) is 12.1. The Morgan fingerprint density at radius 3 is 2.75 bits per heavy atom. The van der Waals surface area contributed by atoms with E-state index in [2.05, 4.69) is 35.7 Å². The maximum Gasteiger partial charge on any atom is 0.419 e. The first-order chi connectivity index (χ1) is 17.2. The predicted molar refractivity (Wildman–Crippen MR) is 128 cm³/mol. The monoisotopic (exact) mass is 497 g/mol. The van der Waals surface area contributed by atoms with E-state index < -0.39 is 11.7 Å². The first kappa shape index (κ1) is 23.0. The van der Waals surface area contributed by atoms with Crippen LogP contribution in [0.3, 0.4) is 0 Å². The van der Waals surface area contributed by atoms with E-state index in [1.165, 1.54) is 6.20 Å². The number of rotatable bonds is 4. The number of hydrogen-bond acceptors (Lipinski definition) is 7. The molecule has 2 atom stereocenters. The van der Waals surface area contributed by atoms with Crippen LogP contribution in [0.15, 0.2) is 29.0 Å². The Hall–Kier alpha value is -3.47. The third-order valence-electron chi connectivity index (χ3n) is 7.55. The Labute approximate surface area is 205 Å². The van der Waals surface area contributed by atoms with Crippen molar-refractivity contribution in [1.29, 1.82) is 0 Å². The number of aryl methyl sites for hydroxylation is 2. The molecule has 1 spiro atoms. The molecule has 0 bridgehead atoms. The summed E-state index contributed by atoms with van der Waals surface area (Å²) in [4.78, 5) is 16.1. The van der Waals surface area contributed by atoms with Crippen LogP contribution >= 0.6 is 0 Å². The summed E-state index contributed by atoms with van der Waals surface area (Å²) in [6.45, 7) is 5.61. The summed E-state index contributed by atoms with van der Waals surface area (Å²) in [5.41, 5.74) is 2.08. The number of alkyl halides is 3. The molecule has 1 saturated carbocycles. The molecule has 0 radical (unpaired) electrons. The van der Waals surface area contributed by atoms with Gasteiger partial charge in [-0.15, -0.1) is 0 Å². The van der Waals surface area contributed by atoms with Crippen LogP contribution in [0.5, 0.6) is 0 Å². The number of nitrogens with zero attached hydrogens (tertiary/aromatic N) is 4. The van der Waals surface area contributed by atoms with Gasteiger partial charge in [-0.1, -0.05) is 5.16 Å². The highest BCUT2D eigenvalue weighted by Gasteiger charge is 2.41. The molecule has 2 aliphatic rings. The summed E-state index contributed by atoms with van der Waals surface area (Å²) >= 11 is 0. The Morgan fingerprint density at radius 1 is 1.17 bits per heavy atom. The fraction of sp³-hybridized carbons (Fsp3) is 0.440. The standard InChI is InChI=1S/C25H26F3N7O/c1-13-20(14(2)36-35-13)19-4-3-16-17(10-30-22(16)33-19)21-18(25(26,27)28)11-31-23(34-21)32-15-5-6-24(9-15)7-8-29-12-24/h3-4,10-11,15,29H,5-9,12H2,1-2H3,(H,30,33)(H,31,32,34). The van der Waals surface area contributed by atoms with E-state index in [0.29, 0.717) is 33.7 Å². The Kier molecular flexibility index (Phi) is 5.29. The van der Waals surface area contributed by atoms with Crippen LogP contribution in [0.2, 0.25) is 0 Å². The molecule has 1 saturated heterocycles. The summed E-state index contributed by atoms with van der Waals surface area (Å²) in [7, 11) is 0. The fourth-order valence-corrected chi connectivity index (χ4v) is 5.75. The van der Waals surface area contributed by atoms with Gasteiger partial charge in [0, 0.05) is 35.9 Å². The Bertz CT molecular complexity index is 1420. The van der Waals surface area contributed by atoms with Crippen LogP contribution in [0, 0.1) is 19.3 Å². The van der Waals surface area contributed by atoms with Gasteiger partial charge < -0.3 is 20.1 Å². The number of halogens is 3. The van der Waals surface area contributed by atoms with Crippen molar-refractivity contribution in [3.8, 4) is 22.5 Å². The molecule has 2 unspecified atom stereocenters. The van der Waals surface area contributed by atoms with Gasteiger partial charge in [0.1, 0.15) is 17.0 Å². The molecule has 3 N–H and O–H groups in total. The molecule has 4 aromatic heterocycles. The molecule has 6 rings (SSSR count). The number of aromatic amines is 1. The highest BCUT2D eigenvalue weighted by Crippen LogP contribution is 2.44. The molecule has 8 nitrogen and oxygen atoms in total. The van der Waals surface area contributed by atoms with Crippen molar-refractivity contribution in [2.45, 2.75) is 51.7 Å². The SMILES string of the molecule is Cc1noc(C)c1-c1ccc2c(-c3nc(NC4CCC5(CCNC5)C4)ncc3C(F)(F)F)c[nH]c2n1. The minimum absolute atomic E-state index is 0.136. The summed E-state index contributed by atoms with van der Waals surface area (Å²) in [6.07, 6.45) is 1.91. The molecule has 0 aromatic carbocycles. The fourth-order valence-electron chi connectivity index (χ4n) is 5.75. The van der Waals surface area contributed by atoms with Crippen LogP contribution in [0.1, 0.15) is 42.7 Å². The number of aromatic nitrogens is 5. The molecular weight excluding hydrogens is 471 g/mol. The second-order valence-electron chi connectivity index (χ2n) is 9.96. The van der Waals surface area contributed by atoms with Gasteiger partial charge in [0.15, 0.2) is 0 Å². The third-order valence-corrected chi connectivity index (χ3v) is 7.55. The van der Waals surface area contributed by atoms with Crippen LogP contribution in [-0.2, 0) is 6.18 Å². The summed E-state index contributed by atoms with van der Waals surface area (Å²) in [6, 6.07) is 3.64. The van der Waals surface area contributed by atoms with Gasteiger partial charge in [-0.25, -0.2) is 15.0 Å². The van der Waals surface area contributed by atoms with Gasteiger partial charge in [-0.05, 0) is 63.6 Å². The van der Waals surface area contributed by atoms with Gasteiger partial charge in [0.25, 0.3) is 0 Å². The summed E-state index contributed by atoms with van der Waals surface area (Å²) < 4.78 is 47.1. The zero-order chi connectivity index (χ0) is 25.1. The van der Waals surface area contributed by atoms with Crippen molar-refractivity contribution in [3.05, 3.63) is 41.5 Å². The lowest BCUT2D eigenvalue weighted by molar-refractivity contribution is -0.137. The Morgan fingerprint density at radius 2 is 2.03 bits per heavy atom. The van der Waals surface area contributed by atoms with E-state index in [0.717, 1.165) is 50.5 Å². The lowest BCUT2D eigenvalue weighted by Gasteiger charge is -2.22. The second kappa shape index (κ2) is 8.29. The Balaban J connectivity index is 1.37. The third kappa shape index (κ3) is 3.91. The maximum absolute atomic E-state index is 14.0. The zero-order valence-corrected chi connectivity index (χ0v) is 20.0. The molecule has 1 aliphatic carbocycles. The number of fused-ring (bicyclic) bond motifs is 1. The van der Waals surface area contributed by atoms with Crippen LogP contribution in [-0.4, -0.2) is 44.2 Å². The van der Waals surface area contributed by atoms with Crippen LogP contribution in [0.4, 0.5) is 19.1 Å². The summed E-state index contributed by atoms with van der Waals surface area (Å²) in [5, 5.41) is 11.2. The number of anilines is 1. The highest BCUT2D eigenvalue weighted by atomic mass is 19.4. The van der Waals surface area contributed by atoms with E-state index in [1.807, 2.05) is 6.92 Å². The highest BCUT2D eigenvalue weighted by molar-refractivity contribution is 5.94. The molecule has 188 valence electrons. The normalized spacial score (nSPS) is 22.2. The van der Waals surface area contributed by atoms with E-state index in [9.17, 15) is 13.2 Å². The topological polar surface area (TPSA) is 105 Å². The van der Waals surface area contributed by atoms with Crippen molar-refractivity contribution in [2.24, 2.45) is 5.41 Å².